The van der Waals surface area contributed by atoms with Crippen molar-refractivity contribution in [1.29, 1.82) is 0 Å². The maximum Gasteiger partial charge on any atom is 0.257 e. The van der Waals surface area contributed by atoms with Crippen molar-refractivity contribution in [3.8, 4) is 5.75 Å². The minimum absolute atomic E-state index is 0.164. The number of hydrazine groups is 1. The van der Waals surface area contributed by atoms with E-state index in [1.54, 1.807) is 38.4 Å². The summed E-state index contributed by atoms with van der Waals surface area (Å²) < 4.78 is 10.3. The molecule has 9 heteroatoms. The van der Waals surface area contributed by atoms with Gasteiger partial charge in [-0.3, -0.25) is 20.0 Å². The van der Waals surface area contributed by atoms with Crippen LogP contribution in [0.5, 0.6) is 5.75 Å². The number of ether oxygens (including phenoxy) is 2. The zero-order chi connectivity index (χ0) is 19.4. The van der Waals surface area contributed by atoms with Crippen LogP contribution >= 0.6 is 12.2 Å². The molecule has 0 aliphatic rings. The van der Waals surface area contributed by atoms with Crippen LogP contribution in [0, 0.1) is 0 Å². The van der Waals surface area contributed by atoms with Crippen LogP contribution in [0.25, 0.3) is 0 Å². The summed E-state index contributed by atoms with van der Waals surface area (Å²) in [4.78, 5) is 24.0. The Hall–Kier alpha value is -2.39. The first kappa shape index (κ1) is 21.7. The average molecular weight is 382 g/mol. The highest BCUT2D eigenvalue weighted by molar-refractivity contribution is 7.80. The molecule has 0 heterocycles. The van der Waals surface area contributed by atoms with Crippen molar-refractivity contribution >= 4 is 29.1 Å². The second-order valence-electron chi connectivity index (χ2n) is 5.31. The topological polar surface area (TPSA) is 91.9 Å². The predicted molar refractivity (Wildman–Crippen MR) is 103 cm³/mol. The molecule has 1 aromatic rings. The predicted octanol–water partition coefficient (Wildman–Crippen LogP) is 0.689. The Balaban J connectivity index is 2.33. The average Bonchev–Trinajstić information content (AvgIpc) is 2.64. The van der Waals surface area contributed by atoms with Crippen molar-refractivity contribution in [3.63, 3.8) is 0 Å². The Morgan fingerprint density at radius 3 is 2.50 bits per heavy atom. The van der Waals surface area contributed by atoms with Gasteiger partial charge >= 0.3 is 0 Å². The van der Waals surface area contributed by atoms with Gasteiger partial charge in [-0.05, 0) is 49.8 Å². The third-order valence-electron chi connectivity index (χ3n) is 3.24. The SMILES string of the molecule is CCOc1ccc(C(=O)NCC(=O)NN(C)C(=S)NCCCOC)cc1. The van der Waals surface area contributed by atoms with Crippen molar-refractivity contribution in [2.75, 3.05) is 40.5 Å². The lowest BCUT2D eigenvalue weighted by Gasteiger charge is -2.21. The fourth-order valence-corrected chi connectivity index (χ4v) is 2.09. The molecule has 0 radical (unpaired) electrons. The molecule has 0 aromatic heterocycles. The van der Waals surface area contributed by atoms with Crippen LogP contribution in [-0.2, 0) is 9.53 Å². The van der Waals surface area contributed by atoms with Gasteiger partial charge in [0, 0.05) is 32.9 Å². The quantitative estimate of drug-likeness (QED) is 0.329. The molecular weight excluding hydrogens is 356 g/mol. The Morgan fingerprint density at radius 2 is 1.88 bits per heavy atom. The number of benzene rings is 1. The first-order valence-corrected chi connectivity index (χ1v) is 8.69. The van der Waals surface area contributed by atoms with Crippen LogP contribution < -0.4 is 20.8 Å². The van der Waals surface area contributed by atoms with Crippen molar-refractivity contribution in [2.45, 2.75) is 13.3 Å². The summed E-state index contributed by atoms with van der Waals surface area (Å²) in [6.07, 6.45) is 0.802. The monoisotopic (exact) mass is 382 g/mol. The molecule has 0 saturated carbocycles. The van der Waals surface area contributed by atoms with E-state index in [9.17, 15) is 9.59 Å². The van der Waals surface area contributed by atoms with E-state index in [1.165, 1.54) is 5.01 Å². The van der Waals surface area contributed by atoms with Gasteiger partial charge in [-0.1, -0.05) is 0 Å². The number of hydrogen-bond acceptors (Lipinski definition) is 5. The Labute approximate surface area is 159 Å². The van der Waals surface area contributed by atoms with Gasteiger partial charge in [0.25, 0.3) is 11.8 Å². The maximum atomic E-state index is 12.0. The summed E-state index contributed by atoms with van der Waals surface area (Å²) in [5, 5.41) is 7.33. The number of carbonyl (C=O) groups is 2. The molecule has 8 nitrogen and oxygen atoms in total. The molecule has 144 valence electrons. The molecule has 0 aliphatic carbocycles. The van der Waals surface area contributed by atoms with Crippen molar-refractivity contribution in [1.82, 2.24) is 21.1 Å². The second kappa shape index (κ2) is 12.0. The van der Waals surface area contributed by atoms with E-state index in [0.29, 0.717) is 36.2 Å². The van der Waals surface area contributed by atoms with Gasteiger partial charge < -0.3 is 20.1 Å². The molecule has 0 aliphatic heterocycles. The smallest absolute Gasteiger partial charge is 0.257 e. The number of hydrogen-bond donors (Lipinski definition) is 3. The summed E-state index contributed by atoms with van der Waals surface area (Å²) in [6, 6.07) is 6.70. The number of rotatable bonds is 9. The van der Waals surface area contributed by atoms with Crippen molar-refractivity contribution in [3.05, 3.63) is 29.8 Å². The summed E-state index contributed by atoms with van der Waals surface area (Å²) >= 11 is 5.15. The van der Waals surface area contributed by atoms with Crippen LogP contribution in [-0.4, -0.2) is 62.4 Å². The first-order chi connectivity index (χ1) is 12.5. The lowest BCUT2D eigenvalue weighted by Crippen LogP contribution is -2.50. The summed E-state index contributed by atoms with van der Waals surface area (Å²) in [5.41, 5.74) is 3.03. The molecule has 0 fully saturated rings. The fraction of sp³-hybridized carbons (Fsp3) is 0.471. The molecule has 26 heavy (non-hydrogen) atoms. The summed E-state index contributed by atoms with van der Waals surface area (Å²) in [7, 11) is 3.25. The third kappa shape index (κ3) is 8.13. The molecule has 0 unspecified atom stereocenters. The van der Waals surface area contributed by atoms with E-state index >= 15 is 0 Å². The van der Waals surface area contributed by atoms with E-state index in [-0.39, 0.29) is 18.4 Å². The zero-order valence-electron chi connectivity index (χ0n) is 15.3. The van der Waals surface area contributed by atoms with Gasteiger partial charge in [0.15, 0.2) is 5.11 Å². The van der Waals surface area contributed by atoms with Gasteiger partial charge in [0.2, 0.25) is 0 Å². The van der Waals surface area contributed by atoms with E-state index in [1.807, 2.05) is 6.92 Å². The van der Waals surface area contributed by atoms with Gasteiger partial charge in [-0.25, -0.2) is 0 Å². The lowest BCUT2D eigenvalue weighted by atomic mass is 10.2. The number of nitrogens with one attached hydrogen (secondary N) is 3. The molecule has 1 aromatic carbocycles. The van der Waals surface area contributed by atoms with Crippen LogP contribution in [0.2, 0.25) is 0 Å². The maximum absolute atomic E-state index is 12.0. The fourth-order valence-electron chi connectivity index (χ4n) is 1.94. The highest BCUT2D eigenvalue weighted by atomic mass is 32.1. The second-order valence-corrected chi connectivity index (χ2v) is 5.70. The molecule has 2 amide bonds. The van der Waals surface area contributed by atoms with E-state index in [4.69, 9.17) is 21.7 Å². The molecule has 0 spiro atoms. The van der Waals surface area contributed by atoms with E-state index in [2.05, 4.69) is 16.1 Å². The minimum Gasteiger partial charge on any atom is -0.494 e. The Bertz CT molecular complexity index is 595. The molecule has 0 atom stereocenters. The third-order valence-corrected chi connectivity index (χ3v) is 3.65. The number of amides is 2. The largest absolute Gasteiger partial charge is 0.494 e. The lowest BCUT2D eigenvalue weighted by molar-refractivity contribution is -0.122. The zero-order valence-corrected chi connectivity index (χ0v) is 16.1. The first-order valence-electron chi connectivity index (χ1n) is 8.29. The Kier molecular flexibility index (Phi) is 10.0. The Morgan fingerprint density at radius 1 is 1.19 bits per heavy atom. The number of nitrogens with zero attached hydrogens (tertiary/aromatic N) is 1. The van der Waals surface area contributed by atoms with Gasteiger partial charge in [0.05, 0.1) is 13.2 Å². The van der Waals surface area contributed by atoms with Gasteiger partial charge in [-0.15, -0.1) is 0 Å². The standard InChI is InChI=1S/C17H26N4O4S/c1-4-25-14-8-6-13(7-9-14)16(23)19-12-15(22)20-21(2)17(26)18-10-5-11-24-3/h6-9H,4-5,10-12H2,1-3H3,(H,18,26)(H,19,23)(H,20,22). The summed E-state index contributed by atoms with van der Waals surface area (Å²) in [6.45, 7) is 3.55. The highest BCUT2D eigenvalue weighted by Crippen LogP contribution is 2.11. The number of carbonyl (C=O) groups excluding carboxylic acids is 2. The van der Waals surface area contributed by atoms with Crippen molar-refractivity contribution in [2.24, 2.45) is 0 Å². The van der Waals surface area contributed by atoms with Crippen LogP contribution in [0.4, 0.5) is 0 Å². The minimum atomic E-state index is -0.382. The van der Waals surface area contributed by atoms with E-state index < -0.39 is 0 Å². The number of methoxy groups -OCH3 is 1. The van der Waals surface area contributed by atoms with E-state index in [0.717, 1.165) is 6.42 Å². The molecule has 0 saturated heterocycles. The number of thiocarbonyl (C=S) groups is 1. The molecule has 1 rings (SSSR count). The van der Waals surface area contributed by atoms with Crippen molar-refractivity contribution < 1.29 is 19.1 Å². The normalized spacial score (nSPS) is 9.96. The van der Waals surface area contributed by atoms with Gasteiger partial charge in [0.1, 0.15) is 5.75 Å². The van der Waals surface area contributed by atoms with Crippen LogP contribution in [0.1, 0.15) is 23.7 Å². The molecule has 3 N–H and O–H groups in total. The summed E-state index contributed by atoms with van der Waals surface area (Å²) in [5.74, 6) is -0.0334. The highest BCUT2D eigenvalue weighted by Gasteiger charge is 2.11. The molecule has 0 bridgehead atoms. The van der Waals surface area contributed by atoms with Crippen LogP contribution in [0.15, 0.2) is 24.3 Å². The molecular formula is C17H26N4O4S. The van der Waals surface area contributed by atoms with Gasteiger partial charge in [-0.2, -0.15) is 0 Å². The van der Waals surface area contributed by atoms with Crippen LogP contribution in [0.3, 0.4) is 0 Å².